The molecule has 3 heterocycles. The zero-order valence-electron chi connectivity index (χ0n) is 21.3. The molecule has 3 N–H and O–H groups in total. The number of aliphatic hydroxyl groups is 1. The number of nitrogens with one attached hydrogen (secondary N) is 2. The molecular formula is C29H22F3N5O4. The van der Waals surface area contributed by atoms with E-state index < -0.39 is 41.0 Å². The van der Waals surface area contributed by atoms with E-state index in [0.29, 0.717) is 11.1 Å². The molecule has 2 aliphatic heterocycles. The number of carbonyl (C=O) groups is 2. The minimum absolute atomic E-state index is 0.0243. The van der Waals surface area contributed by atoms with Crippen LogP contribution in [0, 0.1) is 23.4 Å². The molecule has 12 heteroatoms. The molecule has 0 fully saturated rings. The second kappa shape index (κ2) is 10.5. The molecular weight excluding hydrogens is 539 g/mol. The Balaban J connectivity index is 1.45. The van der Waals surface area contributed by atoms with Crippen LogP contribution in [0.3, 0.4) is 0 Å². The predicted molar refractivity (Wildman–Crippen MR) is 142 cm³/mol. The van der Waals surface area contributed by atoms with E-state index in [1.54, 1.807) is 36.4 Å². The predicted octanol–water partition coefficient (Wildman–Crippen LogP) is 3.51. The Morgan fingerprint density at radius 2 is 1.73 bits per heavy atom. The number of carbonyl (C=O) groups excluding carboxylic acids is 2. The highest BCUT2D eigenvalue weighted by molar-refractivity contribution is 6.20. The third-order valence-corrected chi connectivity index (χ3v) is 6.82. The average molecular weight is 562 g/mol. The van der Waals surface area contributed by atoms with Crippen LogP contribution in [-0.4, -0.2) is 51.8 Å². The molecule has 0 bridgehead atoms. The lowest BCUT2D eigenvalue weighted by Crippen LogP contribution is -2.42. The highest BCUT2D eigenvalue weighted by Gasteiger charge is 2.36. The molecule has 0 radical (unpaired) electrons. The number of fused-ring (bicyclic) bond motifs is 2. The number of para-hydroxylation sites is 1. The largest absolute Gasteiger partial charge is 0.477 e. The Hall–Kier alpha value is -4.97. The normalized spacial score (nSPS) is 17.9. The first kappa shape index (κ1) is 26.3. The van der Waals surface area contributed by atoms with Crippen LogP contribution >= 0.6 is 0 Å². The number of benzene rings is 3. The van der Waals surface area contributed by atoms with Gasteiger partial charge in [0.15, 0.2) is 0 Å². The van der Waals surface area contributed by atoms with Crippen LogP contribution in [0.25, 0.3) is 11.3 Å². The lowest BCUT2D eigenvalue weighted by molar-refractivity contribution is -0.117. The van der Waals surface area contributed by atoms with E-state index in [2.05, 4.69) is 20.7 Å². The fourth-order valence-electron chi connectivity index (χ4n) is 4.84. The third kappa shape index (κ3) is 4.72. The van der Waals surface area contributed by atoms with Gasteiger partial charge in [0.05, 0.1) is 36.7 Å². The van der Waals surface area contributed by atoms with E-state index in [-0.39, 0.29) is 54.2 Å². The van der Waals surface area contributed by atoms with Crippen molar-refractivity contribution in [3.05, 3.63) is 101 Å². The molecule has 6 rings (SSSR count). The van der Waals surface area contributed by atoms with Crippen LogP contribution in [0.4, 0.5) is 18.9 Å². The van der Waals surface area contributed by atoms with Gasteiger partial charge in [0.25, 0.3) is 11.8 Å². The summed E-state index contributed by atoms with van der Waals surface area (Å²) in [7, 11) is 0. The van der Waals surface area contributed by atoms with E-state index in [1.165, 1.54) is 22.9 Å². The molecule has 0 saturated heterocycles. The van der Waals surface area contributed by atoms with Gasteiger partial charge in [-0.3, -0.25) is 9.59 Å². The second-order valence-corrected chi connectivity index (χ2v) is 9.54. The summed E-state index contributed by atoms with van der Waals surface area (Å²) in [6.45, 7) is -0.0893. The lowest BCUT2D eigenvalue weighted by atomic mass is 10.0. The SMILES string of the molecule is O=C(N[C@H]1N=C(c2ccccc2)c2cccc(F)c2NC1=O)c1c(-c2c(F)cccc2F)nn2c1OCC(CO)C2. The molecule has 9 nitrogen and oxygen atoms in total. The molecule has 2 amide bonds. The van der Waals surface area contributed by atoms with E-state index in [0.717, 1.165) is 12.1 Å². The molecule has 3 aromatic carbocycles. The number of rotatable bonds is 5. The van der Waals surface area contributed by atoms with Gasteiger partial charge in [-0.2, -0.15) is 5.10 Å². The molecule has 2 aliphatic rings. The standard InChI is InChI=1S/C29H22F3N5O4/c30-18-9-5-10-19(31)21(18)25-22(29-37(36-25)12-15(13-38)14-41-29)27(39)35-26-28(40)34-24-17(8-4-11-20(24)32)23(33-26)16-6-2-1-3-7-16/h1-11,15,26,38H,12-14H2,(H,34,40)(H,35,39)/t15?,26-/m1/s1. The molecule has 1 aromatic heterocycles. The van der Waals surface area contributed by atoms with Gasteiger partial charge in [-0.1, -0.05) is 48.5 Å². The van der Waals surface area contributed by atoms with E-state index >= 15 is 0 Å². The summed E-state index contributed by atoms with van der Waals surface area (Å²) in [5, 5.41) is 18.8. The summed E-state index contributed by atoms with van der Waals surface area (Å²) in [6, 6.07) is 16.2. The smallest absolute Gasteiger partial charge is 0.269 e. The fourth-order valence-corrected chi connectivity index (χ4v) is 4.84. The summed E-state index contributed by atoms with van der Waals surface area (Å²) < 4.78 is 51.5. The Morgan fingerprint density at radius 1 is 1.02 bits per heavy atom. The number of amides is 2. The molecule has 0 spiro atoms. The Morgan fingerprint density at radius 3 is 2.46 bits per heavy atom. The highest BCUT2D eigenvalue weighted by atomic mass is 19.1. The topological polar surface area (TPSA) is 118 Å². The van der Waals surface area contributed by atoms with E-state index in [9.17, 15) is 27.9 Å². The van der Waals surface area contributed by atoms with Crippen molar-refractivity contribution < 1.29 is 32.6 Å². The Kier molecular flexibility index (Phi) is 6.75. The Bertz CT molecular complexity index is 1690. The number of nitrogens with zero attached hydrogens (tertiary/aromatic N) is 3. The number of anilines is 1. The van der Waals surface area contributed by atoms with Crippen molar-refractivity contribution in [3.8, 4) is 17.1 Å². The Labute approximate surface area is 231 Å². The summed E-state index contributed by atoms with van der Waals surface area (Å²) >= 11 is 0. The van der Waals surface area contributed by atoms with Gasteiger partial charge in [-0.15, -0.1) is 0 Å². The minimum Gasteiger partial charge on any atom is -0.477 e. The van der Waals surface area contributed by atoms with Crippen LogP contribution in [-0.2, 0) is 11.3 Å². The van der Waals surface area contributed by atoms with E-state index in [4.69, 9.17) is 4.74 Å². The molecule has 41 heavy (non-hydrogen) atoms. The zero-order valence-corrected chi connectivity index (χ0v) is 21.3. The second-order valence-electron chi connectivity index (χ2n) is 9.54. The number of halogens is 3. The number of benzodiazepines with no additional fused rings is 1. The third-order valence-electron chi connectivity index (χ3n) is 6.82. The van der Waals surface area contributed by atoms with Gasteiger partial charge in [-0.25, -0.2) is 22.8 Å². The van der Waals surface area contributed by atoms with E-state index in [1.807, 2.05) is 0 Å². The van der Waals surface area contributed by atoms with Gasteiger partial charge < -0.3 is 20.5 Å². The maximum atomic E-state index is 14.9. The fraction of sp³-hybridized carbons (Fsp3) is 0.172. The molecule has 0 saturated carbocycles. The van der Waals surface area contributed by atoms with Crippen LogP contribution in [0.1, 0.15) is 21.5 Å². The van der Waals surface area contributed by atoms with Crippen molar-refractivity contribution in [1.29, 1.82) is 0 Å². The number of hydrogen-bond acceptors (Lipinski definition) is 6. The van der Waals surface area contributed by atoms with Crippen LogP contribution in [0.2, 0.25) is 0 Å². The van der Waals surface area contributed by atoms with Crippen molar-refractivity contribution in [2.24, 2.45) is 10.9 Å². The molecule has 0 aliphatic carbocycles. The molecule has 4 aromatic rings. The molecule has 208 valence electrons. The highest BCUT2D eigenvalue weighted by Crippen LogP contribution is 2.36. The van der Waals surface area contributed by atoms with Crippen LogP contribution in [0.5, 0.6) is 5.88 Å². The number of aromatic nitrogens is 2. The van der Waals surface area contributed by atoms with Crippen molar-refractivity contribution in [2.45, 2.75) is 12.7 Å². The van der Waals surface area contributed by atoms with Crippen molar-refractivity contribution in [3.63, 3.8) is 0 Å². The van der Waals surface area contributed by atoms with Gasteiger partial charge in [0, 0.05) is 17.0 Å². The van der Waals surface area contributed by atoms with Gasteiger partial charge in [0.2, 0.25) is 12.0 Å². The first-order chi connectivity index (χ1) is 19.9. The monoisotopic (exact) mass is 561 g/mol. The van der Waals surface area contributed by atoms with Crippen molar-refractivity contribution in [2.75, 3.05) is 18.5 Å². The van der Waals surface area contributed by atoms with Gasteiger partial charge >= 0.3 is 0 Å². The lowest BCUT2D eigenvalue weighted by Gasteiger charge is -2.23. The van der Waals surface area contributed by atoms with Crippen molar-refractivity contribution >= 4 is 23.2 Å². The zero-order chi connectivity index (χ0) is 28.7. The number of ether oxygens (including phenoxy) is 1. The first-order valence-electron chi connectivity index (χ1n) is 12.7. The van der Waals surface area contributed by atoms with Crippen LogP contribution in [0.15, 0.2) is 71.7 Å². The maximum absolute atomic E-state index is 14.9. The molecule has 1 unspecified atom stereocenters. The van der Waals surface area contributed by atoms with Gasteiger partial charge in [0.1, 0.15) is 28.7 Å². The van der Waals surface area contributed by atoms with Crippen molar-refractivity contribution in [1.82, 2.24) is 15.1 Å². The molecule has 2 atom stereocenters. The maximum Gasteiger partial charge on any atom is 0.269 e. The summed E-state index contributed by atoms with van der Waals surface area (Å²) in [5.41, 5.74) is -0.223. The summed E-state index contributed by atoms with van der Waals surface area (Å²) in [5.74, 6) is -4.85. The number of hydrogen-bond donors (Lipinski definition) is 3. The summed E-state index contributed by atoms with van der Waals surface area (Å²) in [4.78, 5) is 31.5. The quantitative estimate of drug-likeness (QED) is 0.345. The number of aliphatic imine (C=N–C) groups is 1. The average Bonchev–Trinajstić information content (AvgIpc) is 3.27. The summed E-state index contributed by atoms with van der Waals surface area (Å²) in [6.07, 6.45) is -1.56. The first-order valence-corrected chi connectivity index (χ1v) is 12.7. The number of aliphatic hydroxyl groups excluding tert-OH is 1. The van der Waals surface area contributed by atoms with Crippen LogP contribution < -0.4 is 15.4 Å². The van der Waals surface area contributed by atoms with Gasteiger partial charge in [-0.05, 0) is 18.2 Å². The minimum atomic E-state index is -1.56.